The maximum atomic E-state index is 12.2. The van der Waals surface area contributed by atoms with Crippen LogP contribution in [0.5, 0.6) is 5.75 Å². The SMILES string of the molecule is COc1ccccc1C(=O)N=Nc1ccc(NOC(=O)C=Cc2ccccc2)cc1. The Morgan fingerprint density at radius 1 is 0.900 bits per heavy atom. The number of anilines is 1. The molecule has 0 spiro atoms. The zero-order valence-electron chi connectivity index (χ0n) is 16.2. The van der Waals surface area contributed by atoms with Gasteiger partial charge >= 0.3 is 5.97 Å². The van der Waals surface area contributed by atoms with Gasteiger partial charge in [0.25, 0.3) is 5.91 Å². The predicted molar refractivity (Wildman–Crippen MR) is 113 cm³/mol. The summed E-state index contributed by atoms with van der Waals surface area (Å²) in [6.07, 6.45) is 2.99. The summed E-state index contributed by atoms with van der Waals surface area (Å²) in [5, 5.41) is 7.65. The van der Waals surface area contributed by atoms with Gasteiger partial charge in [-0.3, -0.25) is 4.79 Å². The Balaban J connectivity index is 1.53. The van der Waals surface area contributed by atoms with E-state index in [4.69, 9.17) is 9.57 Å². The van der Waals surface area contributed by atoms with Crippen LogP contribution in [0.1, 0.15) is 15.9 Å². The molecule has 0 atom stereocenters. The molecule has 0 saturated heterocycles. The standard InChI is InChI=1S/C23H19N3O4/c1-29-21-10-6-5-9-20(21)23(28)25-24-18-12-14-19(15-13-18)26-30-22(27)16-11-17-7-3-2-4-8-17/h2-16,26H,1H3. The Bertz CT molecular complexity index is 1060. The highest BCUT2D eigenvalue weighted by Gasteiger charge is 2.10. The predicted octanol–water partition coefficient (Wildman–Crippen LogP) is 5.20. The number of azo groups is 1. The molecule has 7 heteroatoms. The zero-order valence-corrected chi connectivity index (χ0v) is 16.2. The fourth-order valence-corrected chi connectivity index (χ4v) is 2.45. The van der Waals surface area contributed by atoms with Crippen LogP contribution in [0.25, 0.3) is 6.08 Å². The number of amides is 1. The minimum Gasteiger partial charge on any atom is -0.496 e. The minimum atomic E-state index is -0.537. The van der Waals surface area contributed by atoms with Gasteiger partial charge in [-0.25, -0.2) is 10.3 Å². The molecule has 1 N–H and O–H groups in total. The van der Waals surface area contributed by atoms with Crippen LogP contribution in [-0.4, -0.2) is 19.0 Å². The van der Waals surface area contributed by atoms with Crippen LogP contribution in [0, 0.1) is 0 Å². The Labute approximate surface area is 173 Å². The number of nitrogens with one attached hydrogen (secondary N) is 1. The van der Waals surface area contributed by atoms with E-state index in [0.717, 1.165) is 5.56 Å². The van der Waals surface area contributed by atoms with Crippen LogP contribution < -0.4 is 10.2 Å². The molecule has 30 heavy (non-hydrogen) atoms. The number of nitrogens with zero attached hydrogens (tertiary/aromatic N) is 2. The van der Waals surface area contributed by atoms with Crippen molar-refractivity contribution in [3.63, 3.8) is 0 Å². The summed E-state index contributed by atoms with van der Waals surface area (Å²) in [5.74, 6) is -0.608. The number of para-hydroxylation sites is 1. The molecule has 0 saturated carbocycles. The van der Waals surface area contributed by atoms with Crippen molar-refractivity contribution in [2.45, 2.75) is 0 Å². The van der Waals surface area contributed by atoms with E-state index in [1.54, 1.807) is 54.6 Å². The van der Waals surface area contributed by atoms with E-state index in [9.17, 15) is 9.59 Å². The molecule has 0 aromatic heterocycles. The number of rotatable bonds is 7. The van der Waals surface area contributed by atoms with Gasteiger partial charge < -0.3 is 9.57 Å². The first-order valence-electron chi connectivity index (χ1n) is 9.05. The molecule has 3 rings (SSSR count). The second-order valence-electron chi connectivity index (χ2n) is 6.02. The quantitative estimate of drug-likeness (QED) is 0.334. The summed E-state index contributed by atoms with van der Waals surface area (Å²) in [5.41, 5.74) is 4.80. The molecule has 0 unspecified atom stereocenters. The van der Waals surface area contributed by atoms with Gasteiger partial charge in [0.15, 0.2) is 0 Å². The molecular formula is C23H19N3O4. The van der Waals surface area contributed by atoms with Gasteiger partial charge in [0.2, 0.25) is 0 Å². The molecule has 0 bridgehead atoms. The summed E-state index contributed by atoms with van der Waals surface area (Å²) in [6.45, 7) is 0. The van der Waals surface area contributed by atoms with Crippen molar-refractivity contribution in [1.82, 2.24) is 0 Å². The lowest BCUT2D eigenvalue weighted by atomic mass is 10.2. The topological polar surface area (TPSA) is 89.3 Å². The highest BCUT2D eigenvalue weighted by molar-refractivity contribution is 5.97. The van der Waals surface area contributed by atoms with E-state index in [1.165, 1.54) is 13.2 Å². The Morgan fingerprint density at radius 2 is 1.60 bits per heavy atom. The second kappa shape index (κ2) is 10.3. The highest BCUT2D eigenvalue weighted by atomic mass is 16.7. The van der Waals surface area contributed by atoms with Crippen molar-refractivity contribution in [2.24, 2.45) is 10.2 Å². The molecule has 0 aliphatic heterocycles. The van der Waals surface area contributed by atoms with Gasteiger partial charge in [-0.15, -0.1) is 10.2 Å². The molecule has 150 valence electrons. The summed E-state index contributed by atoms with van der Waals surface area (Å²) < 4.78 is 5.15. The third-order valence-electron chi connectivity index (χ3n) is 3.94. The molecule has 3 aromatic rings. The van der Waals surface area contributed by atoms with Crippen molar-refractivity contribution >= 4 is 29.3 Å². The van der Waals surface area contributed by atoms with Crippen LogP contribution in [0.2, 0.25) is 0 Å². The molecule has 0 heterocycles. The van der Waals surface area contributed by atoms with Crippen molar-refractivity contribution in [3.05, 3.63) is 96.1 Å². The molecule has 0 aliphatic rings. The number of methoxy groups -OCH3 is 1. The molecule has 0 fully saturated rings. The smallest absolute Gasteiger partial charge is 0.355 e. The van der Waals surface area contributed by atoms with Gasteiger partial charge in [-0.1, -0.05) is 42.5 Å². The maximum Gasteiger partial charge on any atom is 0.355 e. The summed E-state index contributed by atoms with van der Waals surface area (Å²) in [6, 6.07) is 22.8. The van der Waals surface area contributed by atoms with Crippen LogP contribution in [-0.2, 0) is 9.63 Å². The minimum absolute atomic E-state index is 0.331. The van der Waals surface area contributed by atoms with Crippen molar-refractivity contribution in [3.8, 4) is 5.75 Å². The summed E-state index contributed by atoms with van der Waals surface area (Å²) in [4.78, 5) is 28.9. The normalized spacial score (nSPS) is 10.8. The molecule has 0 aliphatic carbocycles. The number of benzene rings is 3. The molecule has 1 amide bonds. The van der Waals surface area contributed by atoms with Gasteiger partial charge in [0.1, 0.15) is 5.75 Å². The monoisotopic (exact) mass is 401 g/mol. The highest BCUT2D eigenvalue weighted by Crippen LogP contribution is 2.21. The molecular weight excluding hydrogens is 382 g/mol. The van der Waals surface area contributed by atoms with Crippen molar-refractivity contribution in [2.75, 3.05) is 12.6 Å². The Hall–Kier alpha value is -4.26. The first-order chi connectivity index (χ1) is 14.7. The molecule has 0 radical (unpaired) electrons. The zero-order chi connectivity index (χ0) is 21.2. The van der Waals surface area contributed by atoms with Crippen LogP contribution in [0.4, 0.5) is 11.4 Å². The number of hydrogen-bond acceptors (Lipinski definition) is 6. The van der Waals surface area contributed by atoms with Crippen LogP contribution >= 0.6 is 0 Å². The number of carbonyl (C=O) groups excluding carboxylic acids is 2. The van der Waals surface area contributed by atoms with E-state index < -0.39 is 11.9 Å². The first kappa shape index (κ1) is 20.5. The lowest BCUT2D eigenvalue weighted by Crippen LogP contribution is -2.07. The third-order valence-corrected chi connectivity index (χ3v) is 3.94. The second-order valence-corrected chi connectivity index (χ2v) is 6.02. The lowest BCUT2D eigenvalue weighted by Gasteiger charge is -2.05. The average molecular weight is 401 g/mol. The third kappa shape index (κ3) is 5.87. The Morgan fingerprint density at radius 3 is 2.33 bits per heavy atom. The average Bonchev–Trinajstić information content (AvgIpc) is 2.81. The van der Waals surface area contributed by atoms with E-state index in [0.29, 0.717) is 22.7 Å². The molecule has 7 nitrogen and oxygen atoms in total. The van der Waals surface area contributed by atoms with E-state index in [-0.39, 0.29) is 0 Å². The summed E-state index contributed by atoms with van der Waals surface area (Å²) in [7, 11) is 1.49. The van der Waals surface area contributed by atoms with Crippen LogP contribution in [0.3, 0.4) is 0 Å². The van der Waals surface area contributed by atoms with E-state index in [2.05, 4.69) is 15.7 Å². The largest absolute Gasteiger partial charge is 0.496 e. The first-order valence-corrected chi connectivity index (χ1v) is 9.05. The van der Waals surface area contributed by atoms with Gasteiger partial charge in [-0.2, -0.15) is 0 Å². The van der Waals surface area contributed by atoms with Gasteiger partial charge in [0.05, 0.1) is 24.0 Å². The Kier molecular flexibility index (Phi) is 7.05. The maximum absolute atomic E-state index is 12.2. The number of carbonyl (C=O) groups is 2. The summed E-state index contributed by atoms with van der Waals surface area (Å²) >= 11 is 0. The number of hydrogen-bond donors (Lipinski definition) is 1. The fourth-order valence-electron chi connectivity index (χ4n) is 2.45. The van der Waals surface area contributed by atoms with E-state index in [1.807, 2.05) is 30.3 Å². The number of ether oxygens (including phenoxy) is 1. The van der Waals surface area contributed by atoms with Crippen molar-refractivity contribution in [1.29, 1.82) is 0 Å². The fraction of sp³-hybridized carbons (Fsp3) is 0.0435. The van der Waals surface area contributed by atoms with Gasteiger partial charge in [-0.05, 0) is 48.0 Å². The van der Waals surface area contributed by atoms with Gasteiger partial charge in [0, 0.05) is 6.08 Å². The lowest BCUT2D eigenvalue weighted by molar-refractivity contribution is -0.134. The van der Waals surface area contributed by atoms with Crippen LogP contribution in [0.15, 0.2) is 95.2 Å². The van der Waals surface area contributed by atoms with E-state index >= 15 is 0 Å². The molecule has 3 aromatic carbocycles. The van der Waals surface area contributed by atoms with Crippen molar-refractivity contribution < 1.29 is 19.2 Å².